The van der Waals surface area contributed by atoms with Crippen molar-refractivity contribution in [1.29, 1.82) is 0 Å². The molecule has 0 amide bonds. The summed E-state index contributed by atoms with van der Waals surface area (Å²) in [7, 11) is 1.69. The van der Waals surface area contributed by atoms with Crippen molar-refractivity contribution in [2.75, 3.05) is 6.61 Å². The van der Waals surface area contributed by atoms with Gasteiger partial charge in [0.1, 0.15) is 5.75 Å². The SMILES string of the molecule is Cn1nnc(C(=O)O)c1CCCOc1ccccc1. The number of hydrogen-bond acceptors (Lipinski definition) is 4. The molecule has 6 heteroatoms. The number of carbonyl (C=O) groups is 1. The fourth-order valence-electron chi connectivity index (χ4n) is 1.77. The molecular formula is C13H15N3O3. The lowest BCUT2D eigenvalue weighted by Gasteiger charge is -2.06. The molecule has 0 atom stereocenters. The molecule has 2 aromatic rings. The molecule has 0 aliphatic rings. The molecule has 6 nitrogen and oxygen atoms in total. The van der Waals surface area contributed by atoms with Crippen LogP contribution in [-0.2, 0) is 13.5 Å². The lowest BCUT2D eigenvalue weighted by Crippen LogP contribution is -2.08. The average Bonchev–Trinajstić information content (AvgIpc) is 2.77. The summed E-state index contributed by atoms with van der Waals surface area (Å²) in [6, 6.07) is 9.50. The molecule has 2 rings (SSSR count). The molecule has 0 fully saturated rings. The van der Waals surface area contributed by atoms with E-state index in [0.717, 1.165) is 5.75 Å². The summed E-state index contributed by atoms with van der Waals surface area (Å²) < 4.78 is 7.04. The van der Waals surface area contributed by atoms with Crippen LogP contribution in [-0.4, -0.2) is 32.7 Å². The highest BCUT2D eigenvalue weighted by atomic mass is 16.5. The summed E-state index contributed by atoms with van der Waals surface area (Å²) in [5.41, 5.74) is 0.631. The Morgan fingerprint density at radius 2 is 2.11 bits per heavy atom. The van der Waals surface area contributed by atoms with E-state index in [-0.39, 0.29) is 5.69 Å². The van der Waals surface area contributed by atoms with Gasteiger partial charge in [0.15, 0.2) is 5.69 Å². The molecular weight excluding hydrogens is 246 g/mol. The quantitative estimate of drug-likeness (QED) is 0.798. The lowest BCUT2D eigenvalue weighted by atomic mass is 10.2. The van der Waals surface area contributed by atoms with Crippen molar-refractivity contribution in [2.24, 2.45) is 7.05 Å². The second-order valence-electron chi connectivity index (χ2n) is 4.08. The lowest BCUT2D eigenvalue weighted by molar-refractivity contribution is 0.0689. The molecule has 1 heterocycles. The molecule has 0 radical (unpaired) electrons. The number of aromatic carboxylic acids is 1. The first kappa shape index (κ1) is 13.1. The minimum atomic E-state index is -1.05. The number of benzene rings is 1. The summed E-state index contributed by atoms with van der Waals surface area (Å²) in [4.78, 5) is 10.9. The molecule has 0 bridgehead atoms. The molecule has 0 saturated heterocycles. The van der Waals surface area contributed by atoms with Gasteiger partial charge in [-0.1, -0.05) is 23.4 Å². The molecule has 19 heavy (non-hydrogen) atoms. The number of nitrogens with zero attached hydrogens (tertiary/aromatic N) is 3. The Kier molecular flexibility index (Phi) is 4.12. The van der Waals surface area contributed by atoms with Crippen LogP contribution in [0.15, 0.2) is 30.3 Å². The van der Waals surface area contributed by atoms with Gasteiger partial charge in [0, 0.05) is 7.05 Å². The van der Waals surface area contributed by atoms with Crippen LogP contribution in [0.2, 0.25) is 0 Å². The number of rotatable bonds is 6. The van der Waals surface area contributed by atoms with Crippen LogP contribution in [0.5, 0.6) is 5.75 Å². The minimum absolute atomic E-state index is 0.0159. The van der Waals surface area contributed by atoms with Crippen LogP contribution in [0.1, 0.15) is 22.6 Å². The van der Waals surface area contributed by atoms with Crippen LogP contribution in [0.4, 0.5) is 0 Å². The third kappa shape index (κ3) is 3.31. The van der Waals surface area contributed by atoms with Gasteiger partial charge in [0.05, 0.1) is 12.3 Å². The van der Waals surface area contributed by atoms with Crippen LogP contribution in [0, 0.1) is 0 Å². The van der Waals surface area contributed by atoms with Crippen molar-refractivity contribution < 1.29 is 14.6 Å². The van der Waals surface area contributed by atoms with Gasteiger partial charge < -0.3 is 9.84 Å². The van der Waals surface area contributed by atoms with Gasteiger partial charge in [-0.2, -0.15) is 0 Å². The van der Waals surface area contributed by atoms with E-state index in [1.54, 1.807) is 7.05 Å². The average molecular weight is 261 g/mol. The Balaban J connectivity index is 1.86. The first-order valence-corrected chi connectivity index (χ1v) is 5.98. The molecule has 0 aliphatic carbocycles. The third-order valence-corrected chi connectivity index (χ3v) is 2.72. The fourth-order valence-corrected chi connectivity index (χ4v) is 1.77. The highest BCUT2D eigenvalue weighted by Crippen LogP contribution is 2.11. The molecule has 1 aromatic carbocycles. The van der Waals surface area contributed by atoms with Crippen molar-refractivity contribution in [3.8, 4) is 5.75 Å². The maximum atomic E-state index is 10.9. The summed E-state index contributed by atoms with van der Waals surface area (Å²) in [5, 5.41) is 16.3. The van der Waals surface area contributed by atoms with E-state index in [9.17, 15) is 4.79 Å². The number of carboxylic acids is 1. The normalized spacial score (nSPS) is 10.4. The van der Waals surface area contributed by atoms with E-state index in [0.29, 0.717) is 25.1 Å². The highest BCUT2D eigenvalue weighted by Gasteiger charge is 2.16. The van der Waals surface area contributed by atoms with Crippen LogP contribution in [0.3, 0.4) is 0 Å². The summed E-state index contributed by atoms with van der Waals surface area (Å²) in [6.07, 6.45) is 1.27. The van der Waals surface area contributed by atoms with Gasteiger partial charge in [-0.15, -0.1) is 5.10 Å². The van der Waals surface area contributed by atoms with Crippen molar-refractivity contribution in [3.05, 3.63) is 41.7 Å². The zero-order valence-corrected chi connectivity index (χ0v) is 10.6. The molecule has 0 unspecified atom stereocenters. The first-order chi connectivity index (χ1) is 9.18. The second-order valence-corrected chi connectivity index (χ2v) is 4.08. The molecule has 0 saturated carbocycles. The van der Waals surface area contributed by atoms with Crippen LogP contribution in [0.25, 0.3) is 0 Å². The molecule has 1 aromatic heterocycles. The van der Waals surface area contributed by atoms with Gasteiger partial charge >= 0.3 is 5.97 Å². The monoisotopic (exact) mass is 261 g/mol. The number of para-hydroxylation sites is 1. The zero-order chi connectivity index (χ0) is 13.7. The number of carboxylic acid groups (broad SMARTS) is 1. The zero-order valence-electron chi connectivity index (χ0n) is 10.6. The van der Waals surface area contributed by atoms with Crippen LogP contribution < -0.4 is 4.74 Å². The van der Waals surface area contributed by atoms with Crippen molar-refractivity contribution in [1.82, 2.24) is 15.0 Å². The summed E-state index contributed by atoms with van der Waals surface area (Å²) in [5.74, 6) is -0.240. The predicted molar refractivity (Wildman–Crippen MR) is 68.2 cm³/mol. The number of hydrogen-bond donors (Lipinski definition) is 1. The minimum Gasteiger partial charge on any atom is -0.494 e. The maximum Gasteiger partial charge on any atom is 0.358 e. The van der Waals surface area contributed by atoms with E-state index < -0.39 is 5.97 Å². The predicted octanol–water partition coefficient (Wildman–Crippen LogP) is 1.52. The summed E-state index contributed by atoms with van der Waals surface area (Å²) >= 11 is 0. The van der Waals surface area contributed by atoms with E-state index in [1.807, 2.05) is 30.3 Å². The van der Waals surface area contributed by atoms with E-state index >= 15 is 0 Å². The number of aromatic nitrogens is 3. The van der Waals surface area contributed by atoms with Gasteiger partial charge in [-0.05, 0) is 25.0 Å². The highest BCUT2D eigenvalue weighted by molar-refractivity contribution is 5.86. The first-order valence-electron chi connectivity index (χ1n) is 5.98. The fraction of sp³-hybridized carbons (Fsp3) is 0.308. The van der Waals surface area contributed by atoms with Crippen molar-refractivity contribution in [3.63, 3.8) is 0 Å². The van der Waals surface area contributed by atoms with E-state index in [1.165, 1.54) is 4.68 Å². The molecule has 0 aliphatic heterocycles. The van der Waals surface area contributed by atoms with E-state index in [4.69, 9.17) is 9.84 Å². The van der Waals surface area contributed by atoms with Gasteiger partial charge in [-0.25, -0.2) is 4.79 Å². The standard InChI is InChI=1S/C13H15N3O3/c1-16-11(12(13(17)18)14-15-16)8-5-9-19-10-6-3-2-4-7-10/h2-4,6-7H,5,8-9H2,1H3,(H,17,18). The van der Waals surface area contributed by atoms with Gasteiger partial charge in [0.25, 0.3) is 0 Å². The maximum absolute atomic E-state index is 10.9. The summed E-state index contributed by atoms with van der Waals surface area (Å²) in [6.45, 7) is 0.522. The second kappa shape index (κ2) is 5.99. The molecule has 1 N–H and O–H groups in total. The van der Waals surface area contributed by atoms with Gasteiger partial charge in [-0.3, -0.25) is 4.68 Å². The van der Waals surface area contributed by atoms with Crippen molar-refractivity contribution in [2.45, 2.75) is 12.8 Å². The smallest absolute Gasteiger partial charge is 0.358 e. The van der Waals surface area contributed by atoms with Crippen molar-refractivity contribution >= 4 is 5.97 Å². The van der Waals surface area contributed by atoms with Gasteiger partial charge in [0.2, 0.25) is 0 Å². The third-order valence-electron chi connectivity index (χ3n) is 2.72. The Morgan fingerprint density at radius 1 is 1.37 bits per heavy atom. The van der Waals surface area contributed by atoms with E-state index in [2.05, 4.69) is 10.3 Å². The number of ether oxygens (including phenoxy) is 1. The Bertz CT molecular complexity index is 552. The van der Waals surface area contributed by atoms with Crippen LogP contribution >= 0.6 is 0 Å². The Morgan fingerprint density at radius 3 is 2.79 bits per heavy atom. The largest absolute Gasteiger partial charge is 0.494 e. The topological polar surface area (TPSA) is 77.2 Å². The Labute approximate surface area is 110 Å². The Hall–Kier alpha value is -2.37. The molecule has 0 spiro atoms. The molecule has 100 valence electrons. The number of aryl methyl sites for hydroxylation is 1.